The molecule has 5 rings (SSSR count). The Morgan fingerprint density at radius 2 is 1.24 bits per heavy atom. The van der Waals surface area contributed by atoms with Gasteiger partial charge in [0.1, 0.15) is 0 Å². The van der Waals surface area contributed by atoms with Crippen molar-refractivity contribution in [3.8, 4) is 22.5 Å². The molecule has 5 aromatic rings. The first-order chi connectivity index (χ1) is 18.1. The molecule has 0 spiro atoms. The second-order valence-corrected chi connectivity index (χ2v) is 10.1. The number of hydrogen-bond acceptors (Lipinski definition) is 3. The van der Waals surface area contributed by atoms with Crippen molar-refractivity contribution in [3.05, 3.63) is 120 Å². The Hall–Kier alpha value is -4.09. The standard InChI is InChI=1S/C32H29N3OS/c1-23-13-17-25(18-14-23)30-31(26-19-15-24(2)16-20-26)34-32(33-30)37-22-21-29(36)35(27-9-5-3-6-10-27)28-11-7-4-8-12-28/h3-20H,21-22H2,1-2H3,(H,33,34). The summed E-state index contributed by atoms with van der Waals surface area (Å²) in [4.78, 5) is 23.7. The largest absolute Gasteiger partial charge is 0.332 e. The van der Waals surface area contributed by atoms with Crippen LogP contribution in [-0.4, -0.2) is 21.6 Å². The minimum absolute atomic E-state index is 0.0500. The second kappa shape index (κ2) is 11.3. The van der Waals surface area contributed by atoms with Crippen molar-refractivity contribution in [2.75, 3.05) is 10.7 Å². The molecular formula is C32H29N3OS. The Balaban J connectivity index is 1.36. The molecule has 0 unspecified atom stereocenters. The smallest absolute Gasteiger partial charge is 0.232 e. The number of H-pyrrole nitrogens is 1. The lowest BCUT2D eigenvalue weighted by Crippen LogP contribution is -2.26. The van der Waals surface area contributed by atoms with Crippen LogP contribution in [0.2, 0.25) is 0 Å². The average Bonchev–Trinajstić information content (AvgIpc) is 3.35. The monoisotopic (exact) mass is 503 g/mol. The summed E-state index contributed by atoms with van der Waals surface area (Å²) in [5, 5.41) is 0.810. The van der Waals surface area contributed by atoms with Gasteiger partial charge in [-0.3, -0.25) is 9.69 Å². The molecule has 1 heterocycles. The Kier molecular flexibility index (Phi) is 7.52. The van der Waals surface area contributed by atoms with Gasteiger partial charge in [0.05, 0.1) is 11.4 Å². The molecule has 0 saturated heterocycles. The highest BCUT2D eigenvalue weighted by molar-refractivity contribution is 7.99. The first-order valence-electron chi connectivity index (χ1n) is 12.4. The molecule has 1 aromatic heterocycles. The molecule has 1 N–H and O–H groups in total. The van der Waals surface area contributed by atoms with Gasteiger partial charge in [-0.1, -0.05) is 108 Å². The van der Waals surface area contributed by atoms with Crippen LogP contribution in [0.5, 0.6) is 0 Å². The molecule has 37 heavy (non-hydrogen) atoms. The normalized spacial score (nSPS) is 10.9. The highest BCUT2D eigenvalue weighted by atomic mass is 32.2. The number of thioether (sulfide) groups is 1. The summed E-state index contributed by atoms with van der Waals surface area (Å²) in [7, 11) is 0. The number of carbonyl (C=O) groups excluding carboxylic acids is 1. The van der Waals surface area contributed by atoms with Crippen LogP contribution in [0.1, 0.15) is 17.5 Å². The number of anilines is 2. The second-order valence-electron chi connectivity index (χ2n) is 9.00. The molecule has 0 radical (unpaired) electrons. The van der Waals surface area contributed by atoms with Crippen molar-refractivity contribution >= 4 is 29.0 Å². The maximum Gasteiger partial charge on any atom is 0.232 e. The number of benzene rings is 4. The lowest BCUT2D eigenvalue weighted by Gasteiger charge is -2.23. The molecule has 1 amide bonds. The Morgan fingerprint density at radius 3 is 1.78 bits per heavy atom. The van der Waals surface area contributed by atoms with Gasteiger partial charge in [0.15, 0.2) is 5.16 Å². The fourth-order valence-electron chi connectivity index (χ4n) is 4.21. The SMILES string of the molecule is Cc1ccc(-c2nc(SCCC(=O)N(c3ccccc3)c3ccccc3)[nH]c2-c2ccc(C)cc2)cc1. The van der Waals surface area contributed by atoms with Gasteiger partial charge in [0, 0.05) is 34.7 Å². The van der Waals surface area contributed by atoms with E-state index >= 15 is 0 Å². The van der Waals surface area contributed by atoms with Crippen LogP contribution >= 0.6 is 11.8 Å². The van der Waals surface area contributed by atoms with E-state index in [1.807, 2.05) is 60.7 Å². The predicted molar refractivity (Wildman–Crippen MR) is 154 cm³/mol. The third-order valence-corrected chi connectivity index (χ3v) is 7.06. The van der Waals surface area contributed by atoms with Crippen molar-refractivity contribution < 1.29 is 4.79 Å². The summed E-state index contributed by atoms with van der Waals surface area (Å²) in [6, 6.07) is 36.5. The van der Waals surface area contributed by atoms with E-state index < -0.39 is 0 Å². The first kappa shape index (κ1) is 24.6. The molecule has 0 saturated carbocycles. The van der Waals surface area contributed by atoms with E-state index in [1.54, 1.807) is 16.7 Å². The van der Waals surface area contributed by atoms with Crippen LogP contribution in [0.15, 0.2) is 114 Å². The molecule has 0 bridgehead atoms. The van der Waals surface area contributed by atoms with E-state index in [9.17, 15) is 4.79 Å². The summed E-state index contributed by atoms with van der Waals surface area (Å²) in [5.41, 5.74) is 8.24. The number of hydrogen-bond donors (Lipinski definition) is 1. The number of nitrogens with zero attached hydrogens (tertiary/aromatic N) is 2. The molecule has 0 atom stereocenters. The van der Waals surface area contributed by atoms with Gasteiger partial charge in [0.2, 0.25) is 5.91 Å². The number of aromatic amines is 1. The Labute approximate surface area is 222 Å². The first-order valence-corrected chi connectivity index (χ1v) is 13.4. The molecule has 0 aliphatic rings. The number of nitrogens with one attached hydrogen (secondary N) is 1. The lowest BCUT2D eigenvalue weighted by molar-refractivity contribution is -0.117. The number of amides is 1. The van der Waals surface area contributed by atoms with Gasteiger partial charge in [-0.25, -0.2) is 4.98 Å². The maximum atomic E-state index is 13.4. The van der Waals surface area contributed by atoms with Crippen molar-refractivity contribution in [1.29, 1.82) is 0 Å². The predicted octanol–water partition coefficient (Wildman–Crippen LogP) is 8.21. The zero-order chi connectivity index (χ0) is 25.6. The van der Waals surface area contributed by atoms with Crippen LogP contribution in [0, 0.1) is 13.8 Å². The summed E-state index contributed by atoms with van der Waals surface area (Å²) in [5.74, 6) is 0.664. The van der Waals surface area contributed by atoms with Crippen molar-refractivity contribution in [3.63, 3.8) is 0 Å². The van der Waals surface area contributed by atoms with Crippen molar-refractivity contribution in [1.82, 2.24) is 9.97 Å². The highest BCUT2D eigenvalue weighted by Gasteiger charge is 2.19. The molecule has 4 nitrogen and oxygen atoms in total. The molecule has 5 heteroatoms. The molecule has 4 aromatic carbocycles. The number of para-hydroxylation sites is 2. The fourth-order valence-corrected chi connectivity index (χ4v) is 5.01. The number of imidazole rings is 1. The fraction of sp³-hybridized carbons (Fsp3) is 0.125. The maximum absolute atomic E-state index is 13.4. The third kappa shape index (κ3) is 5.84. The molecule has 184 valence electrons. The van der Waals surface area contributed by atoms with E-state index in [4.69, 9.17) is 4.98 Å². The number of aryl methyl sites for hydroxylation is 2. The zero-order valence-corrected chi connectivity index (χ0v) is 21.8. The topological polar surface area (TPSA) is 49.0 Å². The van der Waals surface area contributed by atoms with E-state index in [0.29, 0.717) is 12.2 Å². The highest BCUT2D eigenvalue weighted by Crippen LogP contribution is 2.34. The van der Waals surface area contributed by atoms with Crippen molar-refractivity contribution in [2.45, 2.75) is 25.4 Å². The zero-order valence-electron chi connectivity index (χ0n) is 21.0. The summed E-state index contributed by atoms with van der Waals surface area (Å²) < 4.78 is 0. The summed E-state index contributed by atoms with van der Waals surface area (Å²) >= 11 is 1.57. The van der Waals surface area contributed by atoms with E-state index in [2.05, 4.69) is 67.4 Å². The Morgan fingerprint density at radius 1 is 0.730 bits per heavy atom. The number of rotatable bonds is 8. The number of carbonyl (C=O) groups is 1. The van der Waals surface area contributed by atoms with E-state index in [1.165, 1.54) is 11.1 Å². The number of aromatic nitrogens is 2. The van der Waals surface area contributed by atoms with Gasteiger partial charge < -0.3 is 4.98 Å². The molecule has 0 aliphatic carbocycles. The minimum Gasteiger partial charge on any atom is -0.332 e. The third-order valence-electron chi connectivity index (χ3n) is 6.18. The lowest BCUT2D eigenvalue weighted by atomic mass is 10.0. The molecule has 0 fully saturated rings. The molecular weight excluding hydrogens is 474 g/mol. The summed E-state index contributed by atoms with van der Waals surface area (Å²) in [6.07, 6.45) is 0.384. The minimum atomic E-state index is 0.0500. The van der Waals surface area contributed by atoms with Gasteiger partial charge in [0.25, 0.3) is 0 Å². The van der Waals surface area contributed by atoms with E-state index in [-0.39, 0.29) is 5.91 Å². The van der Waals surface area contributed by atoms with Gasteiger partial charge in [-0.15, -0.1) is 0 Å². The van der Waals surface area contributed by atoms with E-state index in [0.717, 1.165) is 39.0 Å². The van der Waals surface area contributed by atoms with Crippen LogP contribution in [0.4, 0.5) is 11.4 Å². The summed E-state index contributed by atoms with van der Waals surface area (Å²) in [6.45, 7) is 4.17. The van der Waals surface area contributed by atoms with Crippen molar-refractivity contribution in [2.24, 2.45) is 0 Å². The van der Waals surface area contributed by atoms with Crippen LogP contribution < -0.4 is 4.90 Å². The van der Waals surface area contributed by atoms with Crippen LogP contribution in [0.3, 0.4) is 0 Å². The molecule has 0 aliphatic heterocycles. The van der Waals surface area contributed by atoms with Gasteiger partial charge >= 0.3 is 0 Å². The quantitative estimate of drug-likeness (QED) is 0.217. The van der Waals surface area contributed by atoms with Gasteiger partial charge in [-0.2, -0.15) is 0 Å². The van der Waals surface area contributed by atoms with Crippen LogP contribution in [-0.2, 0) is 4.79 Å². The Bertz CT molecular complexity index is 1360. The average molecular weight is 504 g/mol. The van der Waals surface area contributed by atoms with Crippen LogP contribution in [0.25, 0.3) is 22.5 Å². The van der Waals surface area contributed by atoms with Gasteiger partial charge in [-0.05, 0) is 38.1 Å².